The second-order valence-electron chi connectivity index (χ2n) is 5.08. The molecule has 1 aromatic heterocycles. The van der Waals surface area contributed by atoms with Crippen LogP contribution in [0.1, 0.15) is 43.4 Å². The van der Waals surface area contributed by atoms with Gasteiger partial charge in [-0.3, -0.25) is 4.90 Å². The molecule has 1 saturated heterocycles. The van der Waals surface area contributed by atoms with Gasteiger partial charge in [0, 0.05) is 30.7 Å². The zero-order valence-electron chi connectivity index (χ0n) is 11.4. The summed E-state index contributed by atoms with van der Waals surface area (Å²) in [4.78, 5) is 2.55. The third-order valence-corrected chi connectivity index (χ3v) is 3.79. The molecule has 0 aliphatic carbocycles. The normalized spacial score (nSPS) is 23.2. The number of furan rings is 1. The first-order valence-corrected chi connectivity index (χ1v) is 6.66. The molecule has 0 bridgehead atoms. The fourth-order valence-electron chi connectivity index (χ4n) is 2.86. The topological polar surface area (TPSA) is 28.4 Å². The number of nitrogens with zero attached hydrogens (tertiary/aromatic N) is 1. The van der Waals surface area contributed by atoms with E-state index in [1.54, 1.807) is 0 Å². The Bertz CT molecular complexity index is 372. The Balaban J connectivity index is 2.01. The first kappa shape index (κ1) is 12.7. The van der Waals surface area contributed by atoms with E-state index in [0.29, 0.717) is 12.1 Å². The molecule has 17 heavy (non-hydrogen) atoms. The van der Waals surface area contributed by atoms with Crippen LogP contribution in [0.15, 0.2) is 10.5 Å². The molecule has 2 heterocycles. The summed E-state index contributed by atoms with van der Waals surface area (Å²) in [6, 6.07) is 3.31. The molecule has 3 heteroatoms. The monoisotopic (exact) mass is 236 g/mol. The van der Waals surface area contributed by atoms with Crippen LogP contribution in [0.5, 0.6) is 0 Å². The van der Waals surface area contributed by atoms with Gasteiger partial charge < -0.3 is 9.73 Å². The first-order chi connectivity index (χ1) is 8.11. The summed E-state index contributed by atoms with van der Waals surface area (Å²) < 4.78 is 5.63. The third kappa shape index (κ3) is 2.72. The minimum atomic E-state index is 0.469. The molecule has 1 aromatic rings. The van der Waals surface area contributed by atoms with Gasteiger partial charge in [-0.15, -0.1) is 0 Å². The standard InChI is InChI=1S/C14H24N2O/c1-5-15-13-6-7-16(9-13)11(3)14-8-10(2)17-12(14)4/h8,11,13,15H,5-7,9H2,1-4H3. The fourth-order valence-corrected chi connectivity index (χ4v) is 2.86. The fraction of sp³-hybridized carbons (Fsp3) is 0.714. The van der Waals surface area contributed by atoms with Crippen LogP contribution in [0.3, 0.4) is 0 Å². The Morgan fingerprint density at radius 1 is 1.53 bits per heavy atom. The van der Waals surface area contributed by atoms with E-state index in [9.17, 15) is 0 Å². The van der Waals surface area contributed by atoms with Crippen molar-refractivity contribution in [1.82, 2.24) is 10.2 Å². The minimum absolute atomic E-state index is 0.469. The summed E-state index contributed by atoms with van der Waals surface area (Å²) >= 11 is 0. The number of hydrogen-bond acceptors (Lipinski definition) is 3. The molecule has 2 unspecified atom stereocenters. The molecule has 1 aliphatic heterocycles. The predicted molar refractivity (Wildman–Crippen MR) is 70.3 cm³/mol. The number of hydrogen-bond donors (Lipinski definition) is 1. The van der Waals surface area contributed by atoms with Gasteiger partial charge in [0.05, 0.1) is 0 Å². The van der Waals surface area contributed by atoms with Gasteiger partial charge >= 0.3 is 0 Å². The van der Waals surface area contributed by atoms with Crippen molar-refractivity contribution in [2.75, 3.05) is 19.6 Å². The second-order valence-corrected chi connectivity index (χ2v) is 5.08. The van der Waals surface area contributed by atoms with Crippen molar-refractivity contribution in [1.29, 1.82) is 0 Å². The van der Waals surface area contributed by atoms with Crippen LogP contribution >= 0.6 is 0 Å². The van der Waals surface area contributed by atoms with Crippen LogP contribution in [-0.2, 0) is 0 Å². The zero-order valence-corrected chi connectivity index (χ0v) is 11.4. The number of aryl methyl sites for hydroxylation is 2. The maximum Gasteiger partial charge on any atom is 0.105 e. The largest absolute Gasteiger partial charge is 0.466 e. The van der Waals surface area contributed by atoms with Crippen molar-refractivity contribution in [2.45, 2.75) is 46.2 Å². The van der Waals surface area contributed by atoms with E-state index in [1.165, 1.54) is 18.5 Å². The van der Waals surface area contributed by atoms with Crippen LogP contribution in [0, 0.1) is 13.8 Å². The molecule has 1 N–H and O–H groups in total. The number of likely N-dealkylation sites (tertiary alicyclic amines) is 1. The molecule has 0 radical (unpaired) electrons. The Morgan fingerprint density at radius 3 is 2.88 bits per heavy atom. The Kier molecular flexibility index (Phi) is 3.89. The average Bonchev–Trinajstić information content (AvgIpc) is 2.85. The summed E-state index contributed by atoms with van der Waals surface area (Å²) in [5.74, 6) is 2.09. The second kappa shape index (κ2) is 5.23. The Labute approximate surface area is 104 Å². The number of likely N-dealkylation sites (N-methyl/N-ethyl adjacent to an activating group) is 1. The Morgan fingerprint density at radius 2 is 2.29 bits per heavy atom. The molecule has 0 amide bonds. The molecule has 0 spiro atoms. The van der Waals surface area contributed by atoms with Crippen LogP contribution < -0.4 is 5.32 Å². The highest BCUT2D eigenvalue weighted by molar-refractivity contribution is 5.23. The van der Waals surface area contributed by atoms with Crippen LogP contribution in [0.2, 0.25) is 0 Å². The molecular formula is C14H24N2O. The van der Waals surface area contributed by atoms with E-state index >= 15 is 0 Å². The average molecular weight is 236 g/mol. The molecule has 3 nitrogen and oxygen atoms in total. The van der Waals surface area contributed by atoms with E-state index < -0.39 is 0 Å². The van der Waals surface area contributed by atoms with Crippen LogP contribution in [0.25, 0.3) is 0 Å². The van der Waals surface area contributed by atoms with E-state index in [-0.39, 0.29) is 0 Å². The van der Waals surface area contributed by atoms with Gasteiger partial charge in [-0.2, -0.15) is 0 Å². The van der Waals surface area contributed by atoms with Gasteiger partial charge in [-0.25, -0.2) is 0 Å². The van der Waals surface area contributed by atoms with E-state index in [0.717, 1.165) is 24.6 Å². The minimum Gasteiger partial charge on any atom is -0.466 e. The highest BCUT2D eigenvalue weighted by atomic mass is 16.3. The van der Waals surface area contributed by atoms with Crippen LogP contribution in [0.4, 0.5) is 0 Å². The quantitative estimate of drug-likeness (QED) is 0.871. The van der Waals surface area contributed by atoms with Crippen molar-refractivity contribution in [3.63, 3.8) is 0 Å². The number of rotatable bonds is 4. The lowest BCUT2D eigenvalue weighted by molar-refractivity contribution is 0.253. The Hall–Kier alpha value is -0.800. The molecular weight excluding hydrogens is 212 g/mol. The lowest BCUT2D eigenvalue weighted by atomic mass is 10.1. The van der Waals surface area contributed by atoms with E-state index in [4.69, 9.17) is 4.42 Å². The third-order valence-electron chi connectivity index (χ3n) is 3.79. The van der Waals surface area contributed by atoms with Crippen molar-refractivity contribution in [3.05, 3.63) is 23.2 Å². The molecule has 0 aromatic carbocycles. The molecule has 2 rings (SSSR count). The summed E-state index contributed by atoms with van der Waals surface area (Å²) in [6.07, 6.45) is 1.26. The summed E-state index contributed by atoms with van der Waals surface area (Å²) in [5.41, 5.74) is 1.35. The van der Waals surface area contributed by atoms with Gasteiger partial charge in [0.25, 0.3) is 0 Å². The molecule has 96 valence electrons. The molecule has 1 fully saturated rings. The van der Waals surface area contributed by atoms with Crippen LogP contribution in [-0.4, -0.2) is 30.6 Å². The predicted octanol–water partition coefficient (Wildman–Crippen LogP) is 2.64. The lowest BCUT2D eigenvalue weighted by Crippen LogP contribution is -2.33. The molecule has 2 atom stereocenters. The van der Waals surface area contributed by atoms with Crippen molar-refractivity contribution >= 4 is 0 Å². The highest BCUT2D eigenvalue weighted by Gasteiger charge is 2.27. The van der Waals surface area contributed by atoms with Crippen molar-refractivity contribution in [3.8, 4) is 0 Å². The maximum atomic E-state index is 5.63. The van der Waals surface area contributed by atoms with Gasteiger partial charge in [0.2, 0.25) is 0 Å². The van der Waals surface area contributed by atoms with Gasteiger partial charge in [-0.05, 0) is 39.8 Å². The summed E-state index contributed by atoms with van der Waals surface area (Å²) in [5, 5.41) is 3.54. The summed E-state index contributed by atoms with van der Waals surface area (Å²) in [7, 11) is 0. The lowest BCUT2D eigenvalue weighted by Gasteiger charge is -2.24. The maximum absolute atomic E-state index is 5.63. The van der Waals surface area contributed by atoms with Crippen molar-refractivity contribution in [2.24, 2.45) is 0 Å². The zero-order chi connectivity index (χ0) is 12.4. The summed E-state index contributed by atoms with van der Waals surface area (Å²) in [6.45, 7) is 11.9. The first-order valence-electron chi connectivity index (χ1n) is 6.66. The molecule has 1 aliphatic rings. The van der Waals surface area contributed by atoms with E-state index in [1.807, 2.05) is 6.92 Å². The van der Waals surface area contributed by atoms with Gasteiger partial charge in [-0.1, -0.05) is 6.92 Å². The SMILES string of the molecule is CCNC1CCN(C(C)c2cc(C)oc2C)C1. The van der Waals surface area contributed by atoms with E-state index in [2.05, 4.69) is 37.1 Å². The van der Waals surface area contributed by atoms with Crippen molar-refractivity contribution < 1.29 is 4.42 Å². The number of nitrogens with one attached hydrogen (secondary N) is 1. The highest BCUT2D eigenvalue weighted by Crippen LogP contribution is 2.28. The van der Waals surface area contributed by atoms with Gasteiger partial charge in [0.1, 0.15) is 11.5 Å². The molecule has 0 saturated carbocycles. The smallest absolute Gasteiger partial charge is 0.105 e. The van der Waals surface area contributed by atoms with Gasteiger partial charge in [0.15, 0.2) is 0 Å².